The van der Waals surface area contributed by atoms with Gasteiger partial charge in [0.25, 0.3) is 0 Å². The normalized spacial score (nSPS) is 52.5. The fourth-order valence-corrected chi connectivity index (χ4v) is 4.62. The Bertz CT molecular complexity index is 223. The predicted molar refractivity (Wildman–Crippen MR) is 51.2 cm³/mol. The Morgan fingerprint density at radius 3 is 2.77 bits per heavy atom. The molecule has 0 amide bonds. The largest absolute Gasteiger partial charge is 0.303 e. The maximum absolute atomic E-state index is 10.6. The Morgan fingerprint density at radius 2 is 1.92 bits per heavy atom. The smallest absolute Gasteiger partial charge is 0.120 e. The van der Waals surface area contributed by atoms with Crippen LogP contribution in [0.25, 0.3) is 0 Å². The first kappa shape index (κ1) is 8.02. The van der Waals surface area contributed by atoms with Gasteiger partial charge < -0.3 is 4.79 Å². The fraction of sp³-hybridized carbons (Fsp3) is 0.917. The molecule has 3 aliphatic carbocycles. The van der Waals surface area contributed by atoms with E-state index in [1.807, 2.05) is 0 Å². The fourth-order valence-electron chi connectivity index (χ4n) is 4.62. The SMILES string of the molecule is O=CCC1CCC2C3CCC(C3)C12. The monoisotopic (exact) mass is 178 g/mol. The standard InChI is InChI=1S/C12H18O/c13-6-5-8-3-4-11-9-1-2-10(7-9)12(8)11/h6,8-12H,1-5,7H2. The highest BCUT2D eigenvalue weighted by molar-refractivity contribution is 5.50. The van der Waals surface area contributed by atoms with Crippen LogP contribution in [0.15, 0.2) is 0 Å². The second kappa shape index (κ2) is 2.83. The molecule has 0 aromatic rings. The summed E-state index contributed by atoms with van der Waals surface area (Å²) in [6.45, 7) is 0. The van der Waals surface area contributed by atoms with Crippen LogP contribution in [0.5, 0.6) is 0 Å². The maximum atomic E-state index is 10.6. The lowest BCUT2D eigenvalue weighted by Gasteiger charge is -2.28. The van der Waals surface area contributed by atoms with Crippen molar-refractivity contribution < 1.29 is 4.79 Å². The zero-order valence-electron chi connectivity index (χ0n) is 8.11. The average molecular weight is 178 g/mol. The highest BCUT2D eigenvalue weighted by Gasteiger charge is 2.52. The molecule has 1 nitrogen and oxygen atoms in total. The number of hydrogen-bond acceptors (Lipinski definition) is 1. The van der Waals surface area contributed by atoms with Crippen molar-refractivity contribution in [2.45, 2.75) is 38.5 Å². The zero-order chi connectivity index (χ0) is 8.84. The van der Waals surface area contributed by atoms with Gasteiger partial charge in [-0.3, -0.25) is 0 Å². The Kier molecular flexibility index (Phi) is 1.75. The van der Waals surface area contributed by atoms with Crippen molar-refractivity contribution in [3.05, 3.63) is 0 Å². The van der Waals surface area contributed by atoms with Crippen molar-refractivity contribution in [2.75, 3.05) is 0 Å². The van der Waals surface area contributed by atoms with E-state index in [0.29, 0.717) is 0 Å². The molecular weight excluding hydrogens is 160 g/mol. The van der Waals surface area contributed by atoms with Crippen molar-refractivity contribution in [1.29, 1.82) is 0 Å². The minimum Gasteiger partial charge on any atom is -0.303 e. The number of aldehydes is 1. The Morgan fingerprint density at radius 1 is 1.08 bits per heavy atom. The van der Waals surface area contributed by atoms with Crippen molar-refractivity contribution in [3.63, 3.8) is 0 Å². The number of fused-ring (bicyclic) bond motifs is 5. The lowest BCUT2D eigenvalue weighted by Crippen LogP contribution is -2.22. The molecule has 72 valence electrons. The molecule has 1 heteroatoms. The second-order valence-electron chi connectivity index (χ2n) is 5.31. The van der Waals surface area contributed by atoms with Gasteiger partial charge in [-0.2, -0.15) is 0 Å². The van der Waals surface area contributed by atoms with E-state index in [4.69, 9.17) is 0 Å². The molecule has 3 saturated carbocycles. The summed E-state index contributed by atoms with van der Waals surface area (Å²) in [5.41, 5.74) is 0. The molecule has 3 rings (SSSR count). The van der Waals surface area contributed by atoms with E-state index in [1.54, 1.807) is 0 Å². The summed E-state index contributed by atoms with van der Waals surface area (Å²) < 4.78 is 0. The third-order valence-corrected chi connectivity index (χ3v) is 4.97. The van der Waals surface area contributed by atoms with Crippen molar-refractivity contribution >= 4 is 6.29 Å². The summed E-state index contributed by atoms with van der Waals surface area (Å²) in [5.74, 6) is 4.85. The summed E-state index contributed by atoms with van der Waals surface area (Å²) in [6.07, 6.45) is 9.26. The minimum atomic E-state index is 0.776. The second-order valence-corrected chi connectivity index (χ2v) is 5.31. The summed E-state index contributed by atoms with van der Waals surface area (Å²) in [4.78, 5) is 10.6. The molecule has 3 aliphatic rings. The molecule has 0 saturated heterocycles. The molecule has 5 unspecified atom stereocenters. The lowest BCUT2D eigenvalue weighted by molar-refractivity contribution is -0.109. The highest BCUT2D eigenvalue weighted by Crippen LogP contribution is 2.61. The van der Waals surface area contributed by atoms with Crippen LogP contribution in [0.1, 0.15) is 38.5 Å². The quantitative estimate of drug-likeness (QED) is 0.594. The van der Waals surface area contributed by atoms with E-state index >= 15 is 0 Å². The van der Waals surface area contributed by atoms with Crippen molar-refractivity contribution in [1.82, 2.24) is 0 Å². The molecule has 0 N–H and O–H groups in total. The van der Waals surface area contributed by atoms with Crippen molar-refractivity contribution in [3.8, 4) is 0 Å². The van der Waals surface area contributed by atoms with E-state index in [1.165, 1.54) is 32.1 Å². The third kappa shape index (κ3) is 1.02. The molecular formula is C12H18O. The molecule has 0 heterocycles. The van der Waals surface area contributed by atoms with Gasteiger partial charge in [0.1, 0.15) is 6.29 Å². The molecule has 13 heavy (non-hydrogen) atoms. The highest BCUT2D eigenvalue weighted by atomic mass is 16.1. The lowest BCUT2D eigenvalue weighted by atomic mass is 9.77. The predicted octanol–water partition coefficient (Wildman–Crippen LogP) is 2.65. The summed E-state index contributed by atoms with van der Waals surface area (Å²) in [5, 5.41) is 0. The van der Waals surface area contributed by atoms with Gasteiger partial charge in [-0.05, 0) is 61.7 Å². The van der Waals surface area contributed by atoms with E-state index in [9.17, 15) is 4.79 Å². The van der Waals surface area contributed by atoms with Crippen LogP contribution >= 0.6 is 0 Å². The molecule has 5 atom stereocenters. The molecule has 0 aromatic heterocycles. The van der Waals surface area contributed by atoms with E-state index in [0.717, 1.165) is 42.3 Å². The molecule has 0 aromatic carbocycles. The van der Waals surface area contributed by atoms with E-state index in [2.05, 4.69) is 0 Å². The van der Waals surface area contributed by atoms with Crippen LogP contribution in [0.4, 0.5) is 0 Å². The van der Waals surface area contributed by atoms with Gasteiger partial charge in [-0.25, -0.2) is 0 Å². The van der Waals surface area contributed by atoms with Gasteiger partial charge in [0.2, 0.25) is 0 Å². The molecule has 0 aliphatic heterocycles. The van der Waals surface area contributed by atoms with E-state index < -0.39 is 0 Å². The first-order chi connectivity index (χ1) is 6.40. The van der Waals surface area contributed by atoms with Crippen LogP contribution in [0.2, 0.25) is 0 Å². The molecule has 0 spiro atoms. The summed E-state index contributed by atoms with van der Waals surface area (Å²) in [6, 6.07) is 0. The van der Waals surface area contributed by atoms with Crippen LogP contribution in [0, 0.1) is 29.6 Å². The third-order valence-electron chi connectivity index (χ3n) is 4.97. The maximum Gasteiger partial charge on any atom is 0.120 e. The number of carbonyl (C=O) groups excluding carboxylic acids is 1. The Balaban J connectivity index is 1.79. The summed E-state index contributed by atoms with van der Waals surface area (Å²) in [7, 11) is 0. The van der Waals surface area contributed by atoms with Gasteiger partial charge in [0, 0.05) is 6.42 Å². The molecule has 0 radical (unpaired) electrons. The molecule has 3 fully saturated rings. The van der Waals surface area contributed by atoms with Gasteiger partial charge >= 0.3 is 0 Å². The number of hydrogen-bond donors (Lipinski definition) is 0. The first-order valence-electron chi connectivity index (χ1n) is 5.84. The molecule has 2 bridgehead atoms. The van der Waals surface area contributed by atoms with Gasteiger partial charge in [-0.1, -0.05) is 0 Å². The first-order valence-corrected chi connectivity index (χ1v) is 5.84. The number of rotatable bonds is 2. The van der Waals surface area contributed by atoms with Gasteiger partial charge in [0.15, 0.2) is 0 Å². The minimum absolute atomic E-state index is 0.776. The number of carbonyl (C=O) groups is 1. The Labute approximate surface area is 79.9 Å². The topological polar surface area (TPSA) is 17.1 Å². The average Bonchev–Trinajstić information content (AvgIpc) is 2.74. The van der Waals surface area contributed by atoms with Crippen LogP contribution in [-0.2, 0) is 4.79 Å². The van der Waals surface area contributed by atoms with Crippen molar-refractivity contribution in [2.24, 2.45) is 29.6 Å². The Hall–Kier alpha value is -0.330. The van der Waals surface area contributed by atoms with E-state index in [-0.39, 0.29) is 0 Å². The van der Waals surface area contributed by atoms with Crippen LogP contribution in [0.3, 0.4) is 0 Å². The van der Waals surface area contributed by atoms with Gasteiger partial charge in [-0.15, -0.1) is 0 Å². The summed E-state index contributed by atoms with van der Waals surface area (Å²) >= 11 is 0. The van der Waals surface area contributed by atoms with Crippen LogP contribution in [-0.4, -0.2) is 6.29 Å². The van der Waals surface area contributed by atoms with Crippen LogP contribution < -0.4 is 0 Å². The van der Waals surface area contributed by atoms with Gasteiger partial charge in [0.05, 0.1) is 0 Å². The zero-order valence-corrected chi connectivity index (χ0v) is 8.11.